The molecule has 1 aromatic heterocycles. The highest BCUT2D eigenvalue weighted by Crippen LogP contribution is 2.22. The zero-order valence-corrected chi connectivity index (χ0v) is 11.0. The maximum Gasteiger partial charge on any atom is 0.164 e. The lowest BCUT2D eigenvalue weighted by molar-refractivity contribution is 0.181. The normalized spacial score (nSPS) is 21.6. The summed E-state index contributed by atoms with van der Waals surface area (Å²) in [5, 5.41) is 8.48. The number of nitrogen functional groups attached to an aromatic ring is 1. The lowest BCUT2D eigenvalue weighted by Crippen LogP contribution is -2.36. The highest BCUT2D eigenvalue weighted by molar-refractivity contribution is 6.32. The molecule has 0 amide bonds. The third kappa shape index (κ3) is 3.30. The molecule has 0 spiro atoms. The van der Waals surface area contributed by atoms with Gasteiger partial charge in [0.1, 0.15) is 0 Å². The van der Waals surface area contributed by atoms with Gasteiger partial charge in [0.05, 0.1) is 10.7 Å². The van der Waals surface area contributed by atoms with E-state index < -0.39 is 0 Å². The van der Waals surface area contributed by atoms with Crippen LogP contribution in [0.5, 0.6) is 0 Å². The third-order valence-corrected chi connectivity index (χ3v) is 3.68. The number of likely N-dealkylation sites (tertiary alicyclic amines) is 1. The molecule has 2 heterocycles. The molecule has 94 valence electrons. The van der Waals surface area contributed by atoms with E-state index in [0.717, 1.165) is 25.2 Å². The van der Waals surface area contributed by atoms with Gasteiger partial charge >= 0.3 is 0 Å². The first-order valence-electron chi connectivity index (χ1n) is 6.19. The Bertz CT molecular complexity index is 383. The summed E-state index contributed by atoms with van der Waals surface area (Å²) >= 11 is 5.95. The second kappa shape index (κ2) is 5.65. The summed E-state index contributed by atoms with van der Waals surface area (Å²) < 4.78 is 0. The van der Waals surface area contributed by atoms with Crippen molar-refractivity contribution < 1.29 is 0 Å². The molecule has 1 aliphatic rings. The van der Waals surface area contributed by atoms with Gasteiger partial charge in [0.25, 0.3) is 0 Å². The number of halogens is 1. The summed E-state index contributed by atoms with van der Waals surface area (Å²) in [6.07, 6.45) is 3.48. The van der Waals surface area contributed by atoms with Gasteiger partial charge in [-0.1, -0.05) is 18.5 Å². The average molecular weight is 255 g/mol. The van der Waals surface area contributed by atoms with Crippen LogP contribution in [0.15, 0.2) is 6.07 Å². The molecule has 2 N–H and O–H groups in total. The van der Waals surface area contributed by atoms with E-state index in [1.54, 1.807) is 0 Å². The maximum absolute atomic E-state index is 5.95. The fourth-order valence-corrected chi connectivity index (χ4v) is 2.58. The van der Waals surface area contributed by atoms with Crippen LogP contribution in [0.2, 0.25) is 5.02 Å². The van der Waals surface area contributed by atoms with Crippen molar-refractivity contribution in [1.82, 2.24) is 15.1 Å². The largest absolute Gasteiger partial charge is 0.381 e. The lowest BCUT2D eigenvalue weighted by Gasteiger charge is -2.31. The van der Waals surface area contributed by atoms with Crippen LogP contribution >= 0.6 is 11.6 Å². The van der Waals surface area contributed by atoms with Gasteiger partial charge in [-0.15, -0.1) is 5.10 Å². The highest BCUT2D eigenvalue weighted by Gasteiger charge is 2.19. The van der Waals surface area contributed by atoms with Crippen LogP contribution in [0.3, 0.4) is 0 Å². The molecule has 1 aliphatic heterocycles. The first-order chi connectivity index (χ1) is 8.19. The van der Waals surface area contributed by atoms with Crippen LogP contribution < -0.4 is 5.73 Å². The Morgan fingerprint density at radius 2 is 2.35 bits per heavy atom. The molecule has 0 saturated carbocycles. The van der Waals surface area contributed by atoms with Crippen LogP contribution in [-0.2, 0) is 6.42 Å². The Balaban J connectivity index is 1.97. The van der Waals surface area contributed by atoms with E-state index in [-0.39, 0.29) is 0 Å². The Morgan fingerprint density at radius 1 is 1.53 bits per heavy atom. The summed E-state index contributed by atoms with van der Waals surface area (Å²) in [7, 11) is 0. The Kier molecular flexibility index (Phi) is 4.18. The fourth-order valence-electron chi connectivity index (χ4n) is 2.42. The minimum atomic E-state index is 0.314. The number of nitrogens with zero attached hydrogens (tertiary/aromatic N) is 3. The van der Waals surface area contributed by atoms with Crippen molar-refractivity contribution >= 4 is 17.4 Å². The van der Waals surface area contributed by atoms with E-state index in [1.807, 2.05) is 6.07 Å². The number of hydrogen-bond acceptors (Lipinski definition) is 4. The number of nitrogens with two attached hydrogens (primary N) is 1. The Morgan fingerprint density at radius 3 is 3.06 bits per heavy atom. The van der Waals surface area contributed by atoms with Crippen molar-refractivity contribution in [3.8, 4) is 0 Å². The topological polar surface area (TPSA) is 55.0 Å². The minimum absolute atomic E-state index is 0.314. The van der Waals surface area contributed by atoms with Gasteiger partial charge in [-0.25, -0.2) is 0 Å². The predicted molar refractivity (Wildman–Crippen MR) is 70.0 cm³/mol. The van der Waals surface area contributed by atoms with Gasteiger partial charge in [0, 0.05) is 6.54 Å². The first-order valence-corrected chi connectivity index (χ1v) is 6.56. The first kappa shape index (κ1) is 12.6. The Hall–Kier alpha value is -0.870. The quantitative estimate of drug-likeness (QED) is 0.896. The van der Waals surface area contributed by atoms with Crippen molar-refractivity contribution in [2.75, 3.05) is 25.4 Å². The molecule has 5 heteroatoms. The summed E-state index contributed by atoms with van der Waals surface area (Å²) in [5.74, 6) is 0.979. The van der Waals surface area contributed by atoms with Gasteiger partial charge in [-0.2, -0.15) is 5.10 Å². The van der Waals surface area contributed by atoms with Gasteiger partial charge < -0.3 is 10.6 Å². The minimum Gasteiger partial charge on any atom is -0.381 e. The number of rotatable bonds is 3. The highest BCUT2D eigenvalue weighted by atomic mass is 35.5. The van der Waals surface area contributed by atoms with E-state index in [1.165, 1.54) is 19.4 Å². The molecule has 0 aromatic carbocycles. The maximum atomic E-state index is 5.95. The predicted octanol–water partition coefficient (Wildman–Crippen LogP) is 1.99. The van der Waals surface area contributed by atoms with Crippen molar-refractivity contribution in [1.29, 1.82) is 0 Å². The standard InChI is InChI=1S/C12H19ClN4/c1-2-17-5-3-4-9(8-17)6-10-7-11(13)12(14)16-15-10/h7,9H,2-6,8H2,1H3,(H2,14,16). The van der Waals surface area contributed by atoms with Crippen molar-refractivity contribution in [2.45, 2.75) is 26.2 Å². The van der Waals surface area contributed by atoms with Crippen LogP contribution in [0.25, 0.3) is 0 Å². The third-order valence-electron chi connectivity index (χ3n) is 3.37. The summed E-state index contributed by atoms with van der Waals surface area (Å²) in [6, 6.07) is 1.84. The van der Waals surface area contributed by atoms with Gasteiger partial charge in [0.15, 0.2) is 5.82 Å². The zero-order valence-electron chi connectivity index (χ0n) is 10.2. The summed E-state index contributed by atoms with van der Waals surface area (Å²) in [6.45, 7) is 5.72. The van der Waals surface area contributed by atoms with E-state index in [4.69, 9.17) is 17.3 Å². The van der Waals surface area contributed by atoms with Crippen LogP contribution in [0.1, 0.15) is 25.5 Å². The second-order valence-corrected chi connectivity index (χ2v) is 5.08. The van der Waals surface area contributed by atoms with Gasteiger partial charge in [0.2, 0.25) is 0 Å². The molecule has 1 atom stereocenters. The van der Waals surface area contributed by atoms with Crippen LogP contribution in [-0.4, -0.2) is 34.7 Å². The Labute approximate surface area is 107 Å². The zero-order chi connectivity index (χ0) is 12.3. The monoisotopic (exact) mass is 254 g/mol. The SMILES string of the molecule is CCN1CCCC(Cc2cc(Cl)c(N)nn2)C1. The molecule has 2 rings (SSSR count). The van der Waals surface area contributed by atoms with E-state index in [0.29, 0.717) is 16.8 Å². The molecule has 1 fully saturated rings. The molecule has 4 nitrogen and oxygen atoms in total. The molecule has 0 bridgehead atoms. The summed E-state index contributed by atoms with van der Waals surface area (Å²) in [4.78, 5) is 2.49. The fraction of sp³-hybridized carbons (Fsp3) is 0.667. The van der Waals surface area contributed by atoms with Gasteiger partial charge in [-0.3, -0.25) is 0 Å². The second-order valence-electron chi connectivity index (χ2n) is 4.67. The number of anilines is 1. The molecule has 0 radical (unpaired) electrons. The molecule has 1 unspecified atom stereocenters. The lowest BCUT2D eigenvalue weighted by atomic mass is 9.93. The van der Waals surface area contributed by atoms with Crippen molar-refractivity contribution in [3.05, 3.63) is 16.8 Å². The van der Waals surface area contributed by atoms with Crippen molar-refractivity contribution in [2.24, 2.45) is 5.92 Å². The van der Waals surface area contributed by atoms with Crippen LogP contribution in [0, 0.1) is 5.92 Å². The summed E-state index contributed by atoms with van der Waals surface area (Å²) in [5.41, 5.74) is 6.50. The number of piperidine rings is 1. The molecule has 0 aliphatic carbocycles. The number of hydrogen-bond donors (Lipinski definition) is 1. The number of aromatic nitrogens is 2. The van der Waals surface area contributed by atoms with E-state index in [2.05, 4.69) is 22.0 Å². The average Bonchev–Trinajstić information content (AvgIpc) is 2.34. The smallest absolute Gasteiger partial charge is 0.164 e. The van der Waals surface area contributed by atoms with Crippen LogP contribution in [0.4, 0.5) is 5.82 Å². The molecular weight excluding hydrogens is 236 g/mol. The van der Waals surface area contributed by atoms with E-state index >= 15 is 0 Å². The van der Waals surface area contributed by atoms with Gasteiger partial charge in [-0.05, 0) is 44.3 Å². The molecule has 1 saturated heterocycles. The molecule has 17 heavy (non-hydrogen) atoms. The molecule has 1 aromatic rings. The van der Waals surface area contributed by atoms with Crippen molar-refractivity contribution in [3.63, 3.8) is 0 Å². The molecular formula is C12H19ClN4. The van der Waals surface area contributed by atoms with E-state index in [9.17, 15) is 0 Å².